The quantitative estimate of drug-likeness (QED) is 0.869. The summed E-state index contributed by atoms with van der Waals surface area (Å²) in [4.78, 5) is 23.9. The molecule has 1 saturated carbocycles. The first-order valence-electron chi connectivity index (χ1n) is 8.27. The van der Waals surface area contributed by atoms with Crippen LogP contribution >= 0.6 is 0 Å². The van der Waals surface area contributed by atoms with E-state index in [2.05, 4.69) is 10.4 Å². The van der Waals surface area contributed by atoms with Gasteiger partial charge in [-0.3, -0.25) is 4.79 Å². The molecular formula is C18H21N3O4. The Labute approximate surface area is 145 Å². The van der Waals surface area contributed by atoms with Crippen LogP contribution in [0, 0.1) is 6.92 Å². The summed E-state index contributed by atoms with van der Waals surface area (Å²) in [6.07, 6.45) is 6.16. The van der Waals surface area contributed by atoms with Crippen LogP contribution in [0.4, 0.5) is 5.82 Å². The van der Waals surface area contributed by atoms with Crippen LogP contribution in [0.1, 0.15) is 58.0 Å². The molecule has 7 heteroatoms. The SMILES string of the molecule is COc1cc(C(=O)O)cc(C(=O)Nc2c(C)cnn2C2CCCC2)c1. The third-order valence-corrected chi connectivity index (χ3v) is 4.53. The van der Waals surface area contributed by atoms with Gasteiger partial charge in [-0.05, 0) is 38.0 Å². The molecule has 0 bridgehead atoms. The highest BCUT2D eigenvalue weighted by molar-refractivity contribution is 6.05. The number of carboxylic acid groups (broad SMARTS) is 1. The predicted molar refractivity (Wildman–Crippen MR) is 92.4 cm³/mol. The van der Waals surface area contributed by atoms with E-state index in [1.807, 2.05) is 11.6 Å². The Morgan fingerprint density at radius 3 is 2.56 bits per heavy atom. The maximum atomic E-state index is 12.7. The number of nitrogens with zero attached hydrogens (tertiary/aromatic N) is 2. The first kappa shape index (κ1) is 17.0. The van der Waals surface area contributed by atoms with Crippen molar-refractivity contribution >= 4 is 17.7 Å². The molecule has 1 amide bonds. The highest BCUT2D eigenvalue weighted by Gasteiger charge is 2.23. The average Bonchev–Trinajstić information content (AvgIpc) is 3.25. The van der Waals surface area contributed by atoms with Crippen molar-refractivity contribution in [2.75, 3.05) is 12.4 Å². The molecule has 1 aromatic heterocycles. The second-order valence-electron chi connectivity index (χ2n) is 6.27. The van der Waals surface area contributed by atoms with Gasteiger partial charge in [0.1, 0.15) is 11.6 Å². The number of aryl methyl sites for hydroxylation is 1. The van der Waals surface area contributed by atoms with Gasteiger partial charge in [0, 0.05) is 11.1 Å². The summed E-state index contributed by atoms with van der Waals surface area (Å²) in [5.74, 6) is -0.507. The second-order valence-corrected chi connectivity index (χ2v) is 6.27. The van der Waals surface area contributed by atoms with Gasteiger partial charge in [-0.25, -0.2) is 9.48 Å². The molecule has 25 heavy (non-hydrogen) atoms. The number of aromatic nitrogens is 2. The highest BCUT2D eigenvalue weighted by Crippen LogP contribution is 2.32. The van der Waals surface area contributed by atoms with E-state index in [9.17, 15) is 14.7 Å². The van der Waals surface area contributed by atoms with E-state index in [1.165, 1.54) is 25.3 Å². The Hall–Kier alpha value is -2.83. The number of hydrogen-bond acceptors (Lipinski definition) is 4. The van der Waals surface area contributed by atoms with E-state index in [4.69, 9.17) is 4.74 Å². The number of anilines is 1. The molecule has 2 N–H and O–H groups in total. The van der Waals surface area contributed by atoms with Crippen LogP contribution in [0.3, 0.4) is 0 Å². The molecule has 0 radical (unpaired) electrons. The molecule has 0 saturated heterocycles. The fraction of sp³-hybridized carbons (Fsp3) is 0.389. The molecule has 0 aliphatic heterocycles. The van der Waals surface area contributed by atoms with Crippen LogP contribution in [0.2, 0.25) is 0 Å². The van der Waals surface area contributed by atoms with Gasteiger partial charge in [0.05, 0.1) is 24.9 Å². The fourth-order valence-corrected chi connectivity index (χ4v) is 3.18. The Kier molecular flexibility index (Phi) is 4.74. The van der Waals surface area contributed by atoms with Gasteiger partial charge in [-0.1, -0.05) is 12.8 Å². The van der Waals surface area contributed by atoms with Crippen LogP contribution in [0.5, 0.6) is 5.75 Å². The number of hydrogen-bond donors (Lipinski definition) is 2. The van der Waals surface area contributed by atoms with Crippen molar-refractivity contribution in [2.24, 2.45) is 0 Å². The van der Waals surface area contributed by atoms with Gasteiger partial charge in [0.2, 0.25) is 0 Å². The molecule has 1 heterocycles. The van der Waals surface area contributed by atoms with E-state index in [1.54, 1.807) is 6.20 Å². The Balaban J connectivity index is 1.89. The lowest BCUT2D eigenvalue weighted by molar-refractivity contribution is 0.0696. The molecule has 3 rings (SSSR count). The molecule has 1 fully saturated rings. The first-order chi connectivity index (χ1) is 12.0. The number of methoxy groups -OCH3 is 1. The number of nitrogens with one attached hydrogen (secondary N) is 1. The summed E-state index contributed by atoms with van der Waals surface area (Å²) in [5, 5.41) is 16.5. The lowest BCUT2D eigenvalue weighted by Gasteiger charge is -2.16. The normalized spacial score (nSPS) is 14.5. The third kappa shape index (κ3) is 3.50. The van der Waals surface area contributed by atoms with Crippen molar-refractivity contribution in [3.63, 3.8) is 0 Å². The van der Waals surface area contributed by atoms with Crippen molar-refractivity contribution < 1.29 is 19.4 Å². The molecule has 1 aliphatic rings. The number of aromatic carboxylic acids is 1. The van der Waals surface area contributed by atoms with E-state index < -0.39 is 5.97 Å². The zero-order valence-electron chi connectivity index (χ0n) is 14.3. The standard InChI is InChI=1S/C18H21N3O4/c1-11-10-19-21(14-5-3-4-6-14)16(11)20-17(22)12-7-13(18(23)24)9-15(8-12)25-2/h7-10,14H,3-6H2,1-2H3,(H,20,22)(H,23,24). The summed E-state index contributed by atoms with van der Waals surface area (Å²) in [5.41, 5.74) is 1.11. The Bertz CT molecular complexity index is 807. The van der Waals surface area contributed by atoms with Crippen LogP contribution in [-0.4, -0.2) is 33.9 Å². The number of rotatable bonds is 5. The summed E-state index contributed by atoms with van der Waals surface area (Å²) in [6.45, 7) is 1.89. The minimum Gasteiger partial charge on any atom is -0.497 e. The molecule has 1 aromatic carbocycles. The number of carboxylic acids is 1. The lowest BCUT2D eigenvalue weighted by Crippen LogP contribution is -2.19. The molecule has 0 atom stereocenters. The topological polar surface area (TPSA) is 93.4 Å². The monoisotopic (exact) mass is 343 g/mol. The number of amides is 1. The smallest absolute Gasteiger partial charge is 0.335 e. The van der Waals surface area contributed by atoms with E-state index in [0.717, 1.165) is 31.2 Å². The molecule has 0 spiro atoms. The minimum atomic E-state index is -1.11. The fourth-order valence-electron chi connectivity index (χ4n) is 3.18. The zero-order chi connectivity index (χ0) is 18.0. The number of benzene rings is 1. The predicted octanol–water partition coefficient (Wildman–Crippen LogP) is 3.27. The largest absolute Gasteiger partial charge is 0.497 e. The van der Waals surface area contributed by atoms with Crippen LogP contribution in [0.15, 0.2) is 24.4 Å². The van der Waals surface area contributed by atoms with Gasteiger partial charge < -0.3 is 15.2 Å². The van der Waals surface area contributed by atoms with Gasteiger partial charge in [-0.2, -0.15) is 5.10 Å². The molecule has 2 aromatic rings. The number of carbonyl (C=O) groups excluding carboxylic acids is 1. The average molecular weight is 343 g/mol. The second kappa shape index (κ2) is 6.96. The summed E-state index contributed by atoms with van der Waals surface area (Å²) < 4.78 is 6.97. The number of ether oxygens (including phenoxy) is 1. The van der Waals surface area contributed by atoms with Gasteiger partial charge in [0.25, 0.3) is 5.91 Å². The van der Waals surface area contributed by atoms with E-state index in [0.29, 0.717) is 17.6 Å². The molecule has 1 aliphatic carbocycles. The maximum Gasteiger partial charge on any atom is 0.335 e. The summed E-state index contributed by atoms with van der Waals surface area (Å²) in [7, 11) is 1.43. The van der Waals surface area contributed by atoms with Gasteiger partial charge in [0.15, 0.2) is 0 Å². The van der Waals surface area contributed by atoms with Crippen LogP contribution in [-0.2, 0) is 0 Å². The Morgan fingerprint density at radius 2 is 1.92 bits per heavy atom. The van der Waals surface area contributed by atoms with Crippen molar-refractivity contribution in [3.8, 4) is 5.75 Å². The van der Waals surface area contributed by atoms with Crippen LogP contribution < -0.4 is 10.1 Å². The van der Waals surface area contributed by atoms with E-state index >= 15 is 0 Å². The third-order valence-electron chi connectivity index (χ3n) is 4.53. The molecule has 132 valence electrons. The highest BCUT2D eigenvalue weighted by atomic mass is 16.5. The number of carbonyl (C=O) groups is 2. The summed E-state index contributed by atoms with van der Waals surface area (Å²) in [6, 6.07) is 4.54. The van der Waals surface area contributed by atoms with Crippen molar-refractivity contribution in [3.05, 3.63) is 41.1 Å². The minimum absolute atomic E-state index is 0.00511. The zero-order valence-corrected chi connectivity index (χ0v) is 14.3. The van der Waals surface area contributed by atoms with Crippen molar-refractivity contribution in [2.45, 2.75) is 38.6 Å². The van der Waals surface area contributed by atoms with Gasteiger partial charge >= 0.3 is 5.97 Å². The van der Waals surface area contributed by atoms with Crippen LogP contribution in [0.25, 0.3) is 0 Å². The van der Waals surface area contributed by atoms with E-state index in [-0.39, 0.29) is 17.0 Å². The molecule has 7 nitrogen and oxygen atoms in total. The lowest BCUT2D eigenvalue weighted by atomic mass is 10.1. The maximum absolute atomic E-state index is 12.7. The molecular weight excluding hydrogens is 322 g/mol. The Morgan fingerprint density at radius 1 is 1.24 bits per heavy atom. The first-order valence-corrected chi connectivity index (χ1v) is 8.27. The van der Waals surface area contributed by atoms with Crippen molar-refractivity contribution in [1.82, 2.24) is 9.78 Å². The van der Waals surface area contributed by atoms with Crippen molar-refractivity contribution in [1.29, 1.82) is 0 Å². The van der Waals surface area contributed by atoms with Gasteiger partial charge in [-0.15, -0.1) is 0 Å². The summed E-state index contributed by atoms with van der Waals surface area (Å²) >= 11 is 0. The molecule has 0 unspecified atom stereocenters.